The lowest BCUT2D eigenvalue weighted by molar-refractivity contribution is -0.119. The highest BCUT2D eigenvalue weighted by Crippen LogP contribution is 2.33. The fourth-order valence-corrected chi connectivity index (χ4v) is 3.61. The van der Waals surface area contributed by atoms with Crippen molar-refractivity contribution >= 4 is 56.9 Å². The number of nitrogens with zero attached hydrogens (tertiary/aromatic N) is 1. The zero-order chi connectivity index (χ0) is 19.9. The zero-order valence-corrected chi connectivity index (χ0v) is 17.6. The molecule has 5 nitrogen and oxygen atoms in total. The van der Waals surface area contributed by atoms with Crippen molar-refractivity contribution in [3.05, 3.63) is 82.0 Å². The molecule has 142 valence electrons. The summed E-state index contributed by atoms with van der Waals surface area (Å²) in [7, 11) is 0. The van der Waals surface area contributed by atoms with Crippen LogP contribution < -0.4 is 5.32 Å². The maximum Gasteiger partial charge on any atom is 0.340 e. The van der Waals surface area contributed by atoms with Crippen LogP contribution in [0.2, 0.25) is 5.02 Å². The lowest BCUT2D eigenvalue weighted by Gasteiger charge is -2.11. The summed E-state index contributed by atoms with van der Waals surface area (Å²) in [6, 6.07) is 16.4. The number of ether oxygens (including phenoxy) is 1. The first-order valence-electron chi connectivity index (χ1n) is 8.11. The Kier molecular flexibility index (Phi) is 7.08. The van der Waals surface area contributed by atoms with E-state index in [-0.39, 0.29) is 5.56 Å². The number of rotatable bonds is 6. The number of carbonyl (C=O) groups is 2. The standard InChI is InChI=1S/C20H14BrClN2O3S/c21-14-9-13(10-23-11-14)20(26)27-12-19(25)24-17-3-1-2-4-18(17)28-16-7-5-15(22)6-8-16/h1-11H,12H2,(H,24,25). The molecule has 1 N–H and O–H groups in total. The molecule has 1 aromatic heterocycles. The Morgan fingerprint density at radius 3 is 2.61 bits per heavy atom. The number of para-hydroxylation sites is 1. The molecule has 0 atom stereocenters. The molecule has 2 aromatic carbocycles. The summed E-state index contributed by atoms with van der Waals surface area (Å²) < 4.78 is 5.71. The summed E-state index contributed by atoms with van der Waals surface area (Å²) in [5.41, 5.74) is 0.897. The normalized spacial score (nSPS) is 10.4. The molecule has 3 aromatic rings. The smallest absolute Gasteiger partial charge is 0.340 e. The van der Waals surface area contributed by atoms with E-state index in [4.69, 9.17) is 16.3 Å². The van der Waals surface area contributed by atoms with Crippen LogP contribution in [-0.4, -0.2) is 23.5 Å². The number of hydrogen-bond donors (Lipinski definition) is 1. The van der Waals surface area contributed by atoms with Gasteiger partial charge >= 0.3 is 5.97 Å². The minimum atomic E-state index is -0.618. The number of benzene rings is 2. The van der Waals surface area contributed by atoms with Crippen LogP contribution in [0.1, 0.15) is 10.4 Å². The SMILES string of the molecule is O=C(COC(=O)c1cncc(Br)c1)Nc1ccccc1Sc1ccc(Cl)cc1. The number of halogens is 2. The average molecular weight is 478 g/mol. The molecule has 0 radical (unpaired) electrons. The molecule has 28 heavy (non-hydrogen) atoms. The van der Waals surface area contributed by atoms with E-state index >= 15 is 0 Å². The molecular weight excluding hydrogens is 464 g/mol. The summed E-state index contributed by atoms with van der Waals surface area (Å²) in [5, 5.41) is 3.43. The molecule has 1 heterocycles. The molecule has 0 spiro atoms. The molecule has 0 saturated carbocycles. The van der Waals surface area contributed by atoms with Gasteiger partial charge in [-0.15, -0.1) is 0 Å². The van der Waals surface area contributed by atoms with E-state index < -0.39 is 18.5 Å². The fourth-order valence-electron chi connectivity index (χ4n) is 2.21. The molecule has 0 aliphatic carbocycles. The van der Waals surface area contributed by atoms with Gasteiger partial charge in [-0.1, -0.05) is 35.5 Å². The Morgan fingerprint density at radius 1 is 1.11 bits per heavy atom. The zero-order valence-electron chi connectivity index (χ0n) is 14.4. The van der Waals surface area contributed by atoms with Crippen LogP contribution in [-0.2, 0) is 9.53 Å². The van der Waals surface area contributed by atoms with Crippen molar-refractivity contribution in [2.24, 2.45) is 0 Å². The second kappa shape index (κ2) is 9.73. The molecular formula is C20H14BrClN2O3S. The molecule has 1 amide bonds. The average Bonchev–Trinajstić information content (AvgIpc) is 2.69. The monoisotopic (exact) mass is 476 g/mol. The van der Waals surface area contributed by atoms with E-state index in [1.165, 1.54) is 18.0 Å². The van der Waals surface area contributed by atoms with Crippen LogP contribution in [0, 0.1) is 0 Å². The summed E-state index contributed by atoms with van der Waals surface area (Å²) >= 11 is 10.6. The Balaban J connectivity index is 1.61. The lowest BCUT2D eigenvalue weighted by atomic mass is 10.3. The number of esters is 1. The first-order chi connectivity index (χ1) is 13.5. The van der Waals surface area contributed by atoms with E-state index in [1.807, 2.05) is 30.3 Å². The number of nitrogens with one attached hydrogen (secondary N) is 1. The number of amides is 1. The number of carbonyl (C=O) groups excluding carboxylic acids is 2. The molecule has 0 fully saturated rings. The van der Waals surface area contributed by atoms with Gasteiger partial charge in [-0.25, -0.2) is 4.79 Å². The molecule has 0 aliphatic heterocycles. The highest BCUT2D eigenvalue weighted by molar-refractivity contribution is 9.10. The second-order valence-electron chi connectivity index (χ2n) is 5.57. The van der Waals surface area contributed by atoms with Gasteiger partial charge in [-0.05, 0) is 58.4 Å². The summed E-state index contributed by atoms with van der Waals surface area (Å²) in [6.45, 7) is -0.398. The predicted octanol–water partition coefficient (Wildman–Crippen LogP) is 5.44. The summed E-state index contributed by atoms with van der Waals surface area (Å²) in [5.74, 6) is -1.05. The van der Waals surface area contributed by atoms with Gasteiger partial charge in [0.1, 0.15) is 0 Å². The van der Waals surface area contributed by atoms with Crippen molar-refractivity contribution < 1.29 is 14.3 Å². The summed E-state index contributed by atoms with van der Waals surface area (Å²) in [6.07, 6.45) is 2.93. The van der Waals surface area contributed by atoms with Crippen molar-refractivity contribution in [3.63, 3.8) is 0 Å². The molecule has 0 aliphatic rings. The van der Waals surface area contributed by atoms with E-state index in [1.54, 1.807) is 30.5 Å². The van der Waals surface area contributed by atoms with Crippen molar-refractivity contribution in [2.75, 3.05) is 11.9 Å². The van der Waals surface area contributed by atoms with Gasteiger partial charge in [0, 0.05) is 31.7 Å². The maximum atomic E-state index is 12.2. The van der Waals surface area contributed by atoms with E-state index in [0.717, 1.165) is 9.79 Å². The van der Waals surface area contributed by atoms with Gasteiger partial charge in [0.2, 0.25) is 0 Å². The molecule has 3 rings (SSSR count). The second-order valence-corrected chi connectivity index (χ2v) is 8.04. The number of pyridine rings is 1. The Morgan fingerprint density at radius 2 is 1.86 bits per heavy atom. The van der Waals surface area contributed by atoms with E-state index in [0.29, 0.717) is 15.2 Å². The van der Waals surface area contributed by atoms with Crippen LogP contribution in [0.4, 0.5) is 5.69 Å². The molecule has 8 heteroatoms. The molecule has 0 saturated heterocycles. The number of anilines is 1. The van der Waals surface area contributed by atoms with Crippen molar-refractivity contribution in [3.8, 4) is 0 Å². The minimum absolute atomic E-state index is 0.265. The van der Waals surface area contributed by atoms with Crippen molar-refractivity contribution in [2.45, 2.75) is 9.79 Å². The van der Waals surface area contributed by atoms with Gasteiger partial charge in [-0.3, -0.25) is 9.78 Å². The van der Waals surface area contributed by atoms with Crippen LogP contribution in [0.5, 0.6) is 0 Å². The first-order valence-corrected chi connectivity index (χ1v) is 10.1. The number of aromatic nitrogens is 1. The largest absolute Gasteiger partial charge is 0.452 e. The quantitative estimate of drug-likeness (QED) is 0.479. The van der Waals surface area contributed by atoms with E-state index in [9.17, 15) is 9.59 Å². The van der Waals surface area contributed by atoms with Crippen LogP contribution in [0.3, 0.4) is 0 Å². The van der Waals surface area contributed by atoms with Crippen molar-refractivity contribution in [1.29, 1.82) is 0 Å². The van der Waals surface area contributed by atoms with Crippen LogP contribution >= 0.6 is 39.3 Å². The van der Waals surface area contributed by atoms with Gasteiger partial charge in [0.05, 0.1) is 11.3 Å². The van der Waals surface area contributed by atoms with Crippen LogP contribution in [0.15, 0.2) is 81.3 Å². The third-order valence-corrected chi connectivity index (χ3v) is 5.25. The highest BCUT2D eigenvalue weighted by Gasteiger charge is 2.13. The highest BCUT2D eigenvalue weighted by atomic mass is 79.9. The maximum absolute atomic E-state index is 12.2. The topological polar surface area (TPSA) is 68.3 Å². The third-order valence-electron chi connectivity index (χ3n) is 3.48. The van der Waals surface area contributed by atoms with Crippen LogP contribution in [0.25, 0.3) is 0 Å². The Labute approximate surface area is 179 Å². The lowest BCUT2D eigenvalue weighted by Crippen LogP contribution is -2.21. The first kappa shape index (κ1) is 20.4. The Bertz CT molecular complexity index is 999. The Hall–Kier alpha value is -2.35. The fraction of sp³-hybridized carbons (Fsp3) is 0.0500. The number of hydrogen-bond acceptors (Lipinski definition) is 5. The molecule has 0 unspecified atom stereocenters. The van der Waals surface area contributed by atoms with E-state index in [2.05, 4.69) is 26.2 Å². The van der Waals surface area contributed by atoms with Gasteiger partial charge < -0.3 is 10.1 Å². The molecule has 0 bridgehead atoms. The third kappa shape index (κ3) is 5.82. The van der Waals surface area contributed by atoms with Gasteiger partial charge in [0.25, 0.3) is 5.91 Å². The van der Waals surface area contributed by atoms with Crippen molar-refractivity contribution in [1.82, 2.24) is 4.98 Å². The van der Waals surface area contributed by atoms with Gasteiger partial charge in [-0.2, -0.15) is 0 Å². The van der Waals surface area contributed by atoms with Gasteiger partial charge in [0.15, 0.2) is 6.61 Å². The predicted molar refractivity (Wildman–Crippen MR) is 113 cm³/mol. The summed E-state index contributed by atoms with van der Waals surface area (Å²) in [4.78, 5) is 30.0. The minimum Gasteiger partial charge on any atom is -0.452 e.